The average Bonchev–Trinajstić information content (AvgIpc) is 3.16. The summed E-state index contributed by atoms with van der Waals surface area (Å²) in [5, 5.41) is 2.54. The highest BCUT2D eigenvalue weighted by atomic mass is 32.2. The van der Waals surface area contributed by atoms with E-state index in [1.807, 2.05) is 0 Å². The van der Waals surface area contributed by atoms with Crippen LogP contribution < -0.4 is 10.1 Å². The number of anilines is 1. The molecule has 9 heteroatoms. The number of hydrogen-bond donors (Lipinski definition) is 1. The van der Waals surface area contributed by atoms with Gasteiger partial charge in [0.25, 0.3) is 5.91 Å². The fourth-order valence-electron chi connectivity index (χ4n) is 2.57. The number of carbonyl (C=O) groups is 2. The lowest BCUT2D eigenvalue weighted by Crippen LogP contribution is -2.28. The van der Waals surface area contributed by atoms with Crippen LogP contribution in [0.25, 0.3) is 0 Å². The Morgan fingerprint density at radius 3 is 2.50 bits per heavy atom. The van der Waals surface area contributed by atoms with E-state index in [2.05, 4.69) is 5.32 Å². The number of carbonyl (C=O) groups excluding carboxylic acids is 2. The normalized spacial score (nSPS) is 14.8. The number of amides is 1. The van der Waals surface area contributed by atoms with Crippen molar-refractivity contribution in [3.63, 3.8) is 0 Å². The lowest BCUT2D eigenvalue weighted by Gasteiger charge is -2.19. The summed E-state index contributed by atoms with van der Waals surface area (Å²) < 4.78 is 37.4. The predicted molar refractivity (Wildman–Crippen MR) is 95.5 cm³/mol. The Hall–Kier alpha value is -2.13. The fraction of sp³-hybridized carbons (Fsp3) is 0.529. The minimum absolute atomic E-state index is 0.0182. The minimum atomic E-state index is -3.71. The summed E-state index contributed by atoms with van der Waals surface area (Å²) in [5.41, 5.74) is 0.295. The Balaban J connectivity index is 2.22. The number of sulfonamides is 1. The number of rotatable bonds is 8. The van der Waals surface area contributed by atoms with Crippen molar-refractivity contribution < 1.29 is 27.5 Å². The third-order valence-corrected chi connectivity index (χ3v) is 5.78. The van der Waals surface area contributed by atoms with E-state index in [0.717, 1.165) is 12.8 Å². The summed E-state index contributed by atoms with van der Waals surface area (Å²) in [7, 11) is -3.71. The van der Waals surface area contributed by atoms with Gasteiger partial charge in [0.1, 0.15) is 10.6 Å². The Morgan fingerprint density at radius 2 is 1.88 bits per heavy atom. The Kier molecular flexibility index (Phi) is 6.98. The number of hydrogen-bond acceptors (Lipinski definition) is 6. The van der Waals surface area contributed by atoms with Crippen molar-refractivity contribution in [2.24, 2.45) is 0 Å². The van der Waals surface area contributed by atoms with Crippen molar-refractivity contribution in [2.75, 3.05) is 31.6 Å². The van der Waals surface area contributed by atoms with Gasteiger partial charge < -0.3 is 14.8 Å². The summed E-state index contributed by atoms with van der Waals surface area (Å²) in [6, 6.07) is 4.44. The van der Waals surface area contributed by atoms with E-state index >= 15 is 0 Å². The maximum atomic E-state index is 12.9. The molecule has 0 aliphatic carbocycles. The highest BCUT2D eigenvalue weighted by molar-refractivity contribution is 7.89. The van der Waals surface area contributed by atoms with E-state index in [0.29, 0.717) is 25.4 Å². The summed E-state index contributed by atoms with van der Waals surface area (Å²) >= 11 is 0. The lowest BCUT2D eigenvalue weighted by molar-refractivity contribution is -0.146. The Morgan fingerprint density at radius 1 is 1.19 bits per heavy atom. The Labute approximate surface area is 153 Å². The highest BCUT2D eigenvalue weighted by Gasteiger charge is 2.30. The molecule has 1 aromatic rings. The lowest BCUT2D eigenvalue weighted by atomic mass is 10.3. The number of ether oxygens (including phenoxy) is 2. The molecule has 8 nitrogen and oxygen atoms in total. The molecular formula is C17H24N2O6S. The van der Waals surface area contributed by atoms with E-state index in [-0.39, 0.29) is 17.1 Å². The summed E-state index contributed by atoms with van der Waals surface area (Å²) in [6.45, 7) is 4.23. The van der Waals surface area contributed by atoms with Crippen LogP contribution in [0.3, 0.4) is 0 Å². The topological polar surface area (TPSA) is 102 Å². The highest BCUT2D eigenvalue weighted by Crippen LogP contribution is 2.31. The van der Waals surface area contributed by atoms with Crippen LogP contribution in [0.4, 0.5) is 5.69 Å². The zero-order valence-electron chi connectivity index (χ0n) is 15.0. The van der Waals surface area contributed by atoms with Gasteiger partial charge in [-0.15, -0.1) is 0 Å². The van der Waals surface area contributed by atoms with Crippen LogP contribution >= 0.6 is 0 Å². The van der Waals surface area contributed by atoms with Gasteiger partial charge in [-0.1, -0.05) is 6.92 Å². The predicted octanol–water partition coefficient (Wildman–Crippen LogP) is 1.76. The second-order valence-corrected chi connectivity index (χ2v) is 7.67. The molecule has 1 aliphatic heterocycles. The summed E-state index contributed by atoms with van der Waals surface area (Å²) in [5.74, 6) is -0.778. The van der Waals surface area contributed by atoms with E-state index in [4.69, 9.17) is 9.47 Å². The number of benzene rings is 1. The monoisotopic (exact) mass is 384 g/mol. The SMILES string of the molecule is CCOc1ccc(NC(=O)COC(=O)CC)cc1S(=O)(=O)N1CCCC1. The van der Waals surface area contributed by atoms with Crippen molar-refractivity contribution in [1.29, 1.82) is 0 Å². The van der Waals surface area contributed by atoms with Crippen molar-refractivity contribution in [1.82, 2.24) is 4.31 Å². The average molecular weight is 384 g/mol. The molecule has 0 saturated carbocycles. The molecular weight excluding hydrogens is 360 g/mol. The molecule has 1 fully saturated rings. The van der Waals surface area contributed by atoms with Gasteiger partial charge in [-0.3, -0.25) is 9.59 Å². The van der Waals surface area contributed by atoms with Crippen LogP contribution in [-0.4, -0.2) is 50.9 Å². The first-order chi connectivity index (χ1) is 12.4. The molecule has 0 spiro atoms. The van der Waals surface area contributed by atoms with Gasteiger partial charge >= 0.3 is 5.97 Å². The molecule has 1 N–H and O–H groups in total. The van der Waals surface area contributed by atoms with Crippen LogP contribution in [0.1, 0.15) is 33.1 Å². The first-order valence-corrected chi connectivity index (χ1v) is 10.0. The molecule has 0 bridgehead atoms. The van der Waals surface area contributed by atoms with Gasteiger partial charge in [-0.25, -0.2) is 8.42 Å². The van der Waals surface area contributed by atoms with Crippen molar-refractivity contribution in [3.8, 4) is 5.75 Å². The van der Waals surface area contributed by atoms with Crippen LogP contribution in [0.15, 0.2) is 23.1 Å². The molecule has 1 aromatic carbocycles. The maximum absolute atomic E-state index is 12.9. The number of esters is 1. The van der Waals surface area contributed by atoms with Crippen molar-refractivity contribution >= 4 is 27.6 Å². The molecule has 1 aliphatic rings. The van der Waals surface area contributed by atoms with Crippen LogP contribution in [0.2, 0.25) is 0 Å². The number of nitrogens with one attached hydrogen (secondary N) is 1. The third kappa shape index (κ3) is 4.95. The van der Waals surface area contributed by atoms with E-state index in [1.54, 1.807) is 19.9 Å². The molecule has 0 unspecified atom stereocenters. The molecule has 0 atom stereocenters. The molecule has 2 rings (SSSR count). The first kappa shape index (κ1) is 20.2. The molecule has 26 heavy (non-hydrogen) atoms. The fourth-order valence-corrected chi connectivity index (χ4v) is 4.25. The molecule has 1 saturated heterocycles. The smallest absolute Gasteiger partial charge is 0.306 e. The second-order valence-electron chi connectivity index (χ2n) is 5.77. The minimum Gasteiger partial charge on any atom is -0.492 e. The van der Waals surface area contributed by atoms with Gasteiger partial charge in [0, 0.05) is 25.2 Å². The molecule has 0 radical (unpaired) electrons. The van der Waals surface area contributed by atoms with E-state index in [1.165, 1.54) is 16.4 Å². The summed E-state index contributed by atoms with van der Waals surface area (Å²) in [6.07, 6.45) is 1.82. The van der Waals surface area contributed by atoms with E-state index in [9.17, 15) is 18.0 Å². The van der Waals surface area contributed by atoms with Gasteiger partial charge in [0.2, 0.25) is 10.0 Å². The van der Waals surface area contributed by atoms with Gasteiger partial charge in [-0.05, 0) is 38.0 Å². The van der Waals surface area contributed by atoms with Crippen LogP contribution in [0.5, 0.6) is 5.75 Å². The second kappa shape index (κ2) is 9.00. The van der Waals surface area contributed by atoms with Gasteiger partial charge in [0.15, 0.2) is 6.61 Å². The van der Waals surface area contributed by atoms with Crippen molar-refractivity contribution in [3.05, 3.63) is 18.2 Å². The van der Waals surface area contributed by atoms with Crippen LogP contribution in [-0.2, 0) is 24.3 Å². The van der Waals surface area contributed by atoms with Gasteiger partial charge in [-0.2, -0.15) is 4.31 Å². The largest absolute Gasteiger partial charge is 0.492 e. The molecule has 0 aromatic heterocycles. The number of nitrogens with zero attached hydrogens (tertiary/aromatic N) is 1. The molecule has 144 valence electrons. The third-order valence-electron chi connectivity index (χ3n) is 3.86. The maximum Gasteiger partial charge on any atom is 0.306 e. The van der Waals surface area contributed by atoms with Crippen molar-refractivity contribution in [2.45, 2.75) is 38.0 Å². The Bertz CT molecular complexity index is 757. The molecule has 1 amide bonds. The zero-order valence-corrected chi connectivity index (χ0v) is 15.8. The zero-order chi connectivity index (χ0) is 19.2. The standard InChI is InChI=1S/C17H24N2O6S/c1-3-17(21)25-12-16(20)18-13-7-8-14(24-4-2)15(11-13)26(22,23)19-9-5-6-10-19/h7-8,11H,3-6,9-10,12H2,1-2H3,(H,18,20). The summed E-state index contributed by atoms with van der Waals surface area (Å²) in [4.78, 5) is 23.0. The van der Waals surface area contributed by atoms with Crippen LogP contribution in [0, 0.1) is 0 Å². The molecule has 1 heterocycles. The first-order valence-electron chi connectivity index (χ1n) is 8.61. The van der Waals surface area contributed by atoms with Gasteiger partial charge in [0.05, 0.1) is 6.61 Å². The quantitative estimate of drug-likeness (QED) is 0.685. The van der Waals surface area contributed by atoms with E-state index < -0.39 is 28.5 Å².